The second-order valence-electron chi connectivity index (χ2n) is 8.10. The molecule has 1 aliphatic heterocycles. The Bertz CT molecular complexity index is 524. The predicted octanol–water partition coefficient (Wildman–Crippen LogP) is 2.24. The zero-order chi connectivity index (χ0) is 17.5. The maximum Gasteiger partial charge on any atom is 0.407 e. The van der Waals surface area contributed by atoms with Crippen LogP contribution in [0.3, 0.4) is 0 Å². The second kappa shape index (κ2) is 6.21. The number of fused-ring (bicyclic) bond motifs is 3. The summed E-state index contributed by atoms with van der Waals surface area (Å²) in [6.45, 7) is 6.60. The number of nitrogens with one attached hydrogen (secondary N) is 1. The lowest BCUT2D eigenvalue weighted by Gasteiger charge is -2.59. The molecule has 6 nitrogen and oxygen atoms in total. The molecular weight excluding hydrogens is 310 g/mol. The number of hydrogen-bond acceptors (Lipinski definition) is 5. The molecular formula is C18H29NO5. The molecule has 0 aromatic rings. The summed E-state index contributed by atoms with van der Waals surface area (Å²) in [4.78, 5) is 23.7. The van der Waals surface area contributed by atoms with E-state index >= 15 is 0 Å². The van der Waals surface area contributed by atoms with E-state index in [9.17, 15) is 14.7 Å². The van der Waals surface area contributed by atoms with Gasteiger partial charge < -0.3 is 19.9 Å². The quantitative estimate of drug-likeness (QED) is 0.770. The molecule has 1 amide bonds. The lowest BCUT2D eigenvalue weighted by molar-refractivity contribution is -0.175. The average molecular weight is 339 g/mol. The summed E-state index contributed by atoms with van der Waals surface area (Å²) in [5.41, 5.74) is -0.553. The van der Waals surface area contributed by atoms with Gasteiger partial charge in [0.05, 0.1) is 13.0 Å². The maximum atomic E-state index is 11.9. The minimum atomic E-state index is -0.491. The van der Waals surface area contributed by atoms with Crippen LogP contribution in [0.4, 0.5) is 4.79 Å². The number of esters is 1. The predicted molar refractivity (Wildman–Crippen MR) is 87.2 cm³/mol. The maximum absolute atomic E-state index is 11.9. The Kier molecular flexibility index (Phi) is 4.53. The fourth-order valence-corrected chi connectivity index (χ4v) is 5.61. The largest absolute Gasteiger partial charge is 0.462 e. The van der Waals surface area contributed by atoms with Gasteiger partial charge >= 0.3 is 12.1 Å². The summed E-state index contributed by atoms with van der Waals surface area (Å²) in [5.74, 6) is 0.317. The number of aliphatic hydroxyl groups is 1. The molecule has 1 saturated heterocycles. The highest BCUT2D eigenvalue weighted by Crippen LogP contribution is 2.62. The molecule has 24 heavy (non-hydrogen) atoms. The van der Waals surface area contributed by atoms with Crippen molar-refractivity contribution in [1.82, 2.24) is 5.32 Å². The summed E-state index contributed by atoms with van der Waals surface area (Å²) >= 11 is 0. The molecule has 2 N–H and O–H groups in total. The second-order valence-corrected chi connectivity index (χ2v) is 8.10. The highest BCUT2D eigenvalue weighted by molar-refractivity contribution is 5.72. The van der Waals surface area contributed by atoms with E-state index < -0.39 is 11.5 Å². The Morgan fingerprint density at radius 1 is 1.38 bits per heavy atom. The van der Waals surface area contributed by atoms with Gasteiger partial charge in [-0.3, -0.25) is 4.79 Å². The first-order valence-electron chi connectivity index (χ1n) is 9.10. The van der Waals surface area contributed by atoms with Crippen LogP contribution < -0.4 is 5.32 Å². The number of amides is 1. The molecule has 0 bridgehead atoms. The van der Waals surface area contributed by atoms with Gasteiger partial charge in [-0.15, -0.1) is 0 Å². The highest BCUT2D eigenvalue weighted by Gasteiger charge is 2.62. The van der Waals surface area contributed by atoms with Crippen molar-refractivity contribution in [3.05, 3.63) is 0 Å². The first-order valence-corrected chi connectivity index (χ1v) is 9.10. The van der Waals surface area contributed by atoms with Crippen molar-refractivity contribution in [3.63, 3.8) is 0 Å². The van der Waals surface area contributed by atoms with Crippen LogP contribution in [0.25, 0.3) is 0 Å². The molecule has 1 heterocycles. The molecule has 136 valence electrons. The Morgan fingerprint density at radius 3 is 2.79 bits per heavy atom. The van der Waals surface area contributed by atoms with E-state index in [1.807, 2.05) is 13.8 Å². The summed E-state index contributed by atoms with van der Waals surface area (Å²) in [7, 11) is 0. The van der Waals surface area contributed by atoms with Gasteiger partial charge in [0.1, 0.15) is 12.2 Å². The summed E-state index contributed by atoms with van der Waals surface area (Å²) in [5, 5.41) is 12.9. The summed E-state index contributed by atoms with van der Waals surface area (Å²) in [6.07, 6.45) is 3.08. The van der Waals surface area contributed by atoms with Gasteiger partial charge in [0.25, 0.3) is 0 Å². The summed E-state index contributed by atoms with van der Waals surface area (Å²) in [6, 6.07) is 0. The van der Waals surface area contributed by atoms with Gasteiger partial charge in [-0.2, -0.15) is 0 Å². The third-order valence-electron chi connectivity index (χ3n) is 6.89. The minimum Gasteiger partial charge on any atom is -0.462 e. The van der Waals surface area contributed by atoms with E-state index in [4.69, 9.17) is 9.47 Å². The number of carbonyl (C=O) groups excluding carboxylic acids is 2. The van der Waals surface area contributed by atoms with E-state index in [-0.39, 0.29) is 42.0 Å². The van der Waals surface area contributed by atoms with Gasteiger partial charge in [0.15, 0.2) is 0 Å². The third kappa shape index (κ3) is 2.59. The van der Waals surface area contributed by atoms with Crippen molar-refractivity contribution in [3.8, 4) is 0 Å². The van der Waals surface area contributed by atoms with E-state index in [0.29, 0.717) is 19.4 Å². The average Bonchev–Trinajstić information content (AvgIpc) is 2.92. The Labute approximate surface area is 143 Å². The van der Waals surface area contributed by atoms with Crippen LogP contribution in [0.1, 0.15) is 52.9 Å². The van der Waals surface area contributed by atoms with E-state index in [0.717, 1.165) is 19.3 Å². The fourth-order valence-electron chi connectivity index (χ4n) is 5.61. The molecule has 3 aliphatic rings. The first-order chi connectivity index (χ1) is 11.3. The van der Waals surface area contributed by atoms with E-state index in [1.54, 1.807) is 0 Å². The fraction of sp³-hybridized carbons (Fsp3) is 0.889. The van der Waals surface area contributed by atoms with Crippen LogP contribution in [0.5, 0.6) is 0 Å². The van der Waals surface area contributed by atoms with Crippen molar-refractivity contribution in [2.45, 2.75) is 65.1 Å². The number of alkyl carbamates (subject to hydrolysis) is 1. The highest BCUT2D eigenvalue weighted by atomic mass is 16.6. The van der Waals surface area contributed by atoms with Crippen LogP contribution >= 0.6 is 0 Å². The molecule has 2 aliphatic carbocycles. The Balaban J connectivity index is 1.85. The van der Waals surface area contributed by atoms with Gasteiger partial charge in [-0.05, 0) is 43.9 Å². The van der Waals surface area contributed by atoms with Gasteiger partial charge in [-0.25, -0.2) is 4.79 Å². The number of rotatable bonds is 3. The van der Waals surface area contributed by atoms with Crippen molar-refractivity contribution in [2.75, 3.05) is 13.2 Å². The first kappa shape index (κ1) is 17.5. The van der Waals surface area contributed by atoms with Crippen molar-refractivity contribution < 1.29 is 24.2 Å². The molecule has 0 unspecified atom stereocenters. The van der Waals surface area contributed by atoms with Gasteiger partial charge in [0, 0.05) is 17.9 Å². The molecule has 3 fully saturated rings. The molecule has 0 radical (unpaired) electrons. The third-order valence-corrected chi connectivity index (χ3v) is 6.89. The van der Waals surface area contributed by atoms with Crippen LogP contribution in [0.15, 0.2) is 0 Å². The monoisotopic (exact) mass is 339 g/mol. The van der Waals surface area contributed by atoms with Crippen molar-refractivity contribution in [1.29, 1.82) is 0 Å². The topological polar surface area (TPSA) is 84.9 Å². The van der Waals surface area contributed by atoms with Crippen LogP contribution in [0.2, 0.25) is 0 Å². The zero-order valence-corrected chi connectivity index (χ0v) is 14.8. The normalized spacial score (nSPS) is 44.2. The molecule has 2 saturated carbocycles. The van der Waals surface area contributed by atoms with Gasteiger partial charge in [0.2, 0.25) is 0 Å². The molecule has 3 rings (SSSR count). The van der Waals surface area contributed by atoms with Gasteiger partial charge in [-0.1, -0.05) is 13.8 Å². The summed E-state index contributed by atoms with van der Waals surface area (Å²) < 4.78 is 11.2. The van der Waals surface area contributed by atoms with Crippen molar-refractivity contribution in [2.24, 2.45) is 22.7 Å². The SMILES string of the molecule is CCNC(=O)O[C@@H]1CC[C@]2(C)[C@@H](CC[C@H]3OC(=O)C[C@H]32)[C@]1(C)CO. The molecule has 6 atom stereocenters. The Morgan fingerprint density at radius 2 is 2.12 bits per heavy atom. The number of ether oxygens (including phenoxy) is 2. The van der Waals surface area contributed by atoms with Crippen LogP contribution in [-0.4, -0.2) is 42.5 Å². The molecule has 6 heteroatoms. The minimum absolute atomic E-state index is 0.0163. The smallest absolute Gasteiger partial charge is 0.407 e. The lowest BCUT2D eigenvalue weighted by Crippen LogP contribution is -2.60. The lowest BCUT2D eigenvalue weighted by atomic mass is 9.46. The van der Waals surface area contributed by atoms with E-state index in [1.165, 1.54) is 0 Å². The van der Waals surface area contributed by atoms with E-state index in [2.05, 4.69) is 12.2 Å². The number of aliphatic hydroxyl groups excluding tert-OH is 1. The van der Waals surface area contributed by atoms with Crippen LogP contribution in [0, 0.1) is 22.7 Å². The zero-order valence-electron chi connectivity index (χ0n) is 14.8. The standard InChI is InChI=1S/C18H29NO5/c1-4-19-16(22)24-14-7-8-17(2)11-9-15(21)23-12(11)5-6-13(17)18(14,3)10-20/h11-14,20H,4-10H2,1-3H3,(H,19,22)/t11-,12-,13-,14-,17+,18+/m1/s1. The molecule has 0 aromatic carbocycles. The molecule has 0 aromatic heterocycles. The number of carbonyl (C=O) groups is 2. The van der Waals surface area contributed by atoms with Crippen LogP contribution in [-0.2, 0) is 14.3 Å². The number of hydrogen-bond donors (Lipinski definition) is 2. The molecule has 0 spiro atoms. The Hall–Kier alpha value is -1.30. The van der Waals surface area contributed by atoms with Crippen molar-refractivity contribution >= 4 is 12.1 Å².